The monoisotopic (exact) mass is 421 g/mol. The van der Waals surface area contributed by atoms with E-state index in [0.717, 1.165) is 24.3 Å². The smallest absolute Gasteiger partial charge is 0.295 e. The number of rotatable bonds is 6. The van der Waals surface area contributed by atoms with Gasteiger partial charge < -0.3 is 19.6 Å². The van der Waals surface area contributed by atoms with Crippen molar-refractivity contribution in [3.63, 3.8) is 0 Å². The number of aliphatic hydroxyl groups is 1. The van der Waals surface area contributed by atoms with Crippen LogP contribution in [0.3, 0.4) is 0 Å². The summed E-state index contributed by atoms with van der Waals surface area (Å²) in [5.41, 5.74) is 2.30. The van der Waals surface area contributed by atoms with Gasteiger partial charge in [-0.25, -0.2) is 0 Å². The molecule has 0 spiro atoms. The summed E-state index contributed by atoms with van der Waals surface area (Å²) in [5.74, 6) is -0.629. The Hall–Kier alpha value is -3.19. The number of Topliss-reactive ketones (excluding diaryl/α,β-unsaturated/α-hetero) is 1. The zero-order valence-electron chi connectivity index (χ0n) is 18.0. The van der Waals surface area contributed by atoms with Gasteiger partial charge in [0.2, 0.25) is 0 Å². The highest BCUT2D eigenvalue weighted by molar-refractivity contribution is 6.46. The molecular weight excluding hydrogens is 394 g/mol. The van der Waals surface area contributed by atoms with Crippen molar-refractivity contribution in [2.45, 2.75) is 31.9 Å². The van der Waals surface area contributed by atoms with E-state index in [2.05, 4.69) is 4.98 Å². The lowest BCUT2D eigenvalue weighted by Gasteiger charge is -2.25. The maximum Gasteiger partial charge on any atom is 0.295 e. The van der Waals surface area contributed by atoms with Crippen molar-refractivity contribution in [1.82, 2.24) is 14.8 Å². The van der Waals surface area contributed by atoms with E-state index < -0.39 is 17.7 Å². The molecule has 1 fully saturated rings. The number of benzene rings is 1. The number of aromatic nitrogens is 1. The second kappa shape index (κ2) is 8.51. The highest BCUT2D eigenvalue weighted by Gasteiger charge is 2.46. The van der Waals surface area contributed by atoms with E-state index in [1.807, 2.05) is 38.1 Å². The minimum Gasteiger partial charge on any atom is -0.507 e. The van der Waals surface area contributed by atoms with Crippen LogP contribution in [-0.2, 0) is 16.0 Å². The van der Waals surface area contributed by atoms with Crippen molar-refractivity contribution in [1.29, 1.82) is 0 Å². The van der Waals surface area contributed by atoms with Gasteiger partial charge in [-0.3, -0.25) is 14.6 Å². The average molecular weight is 421 g/mol. The molecule has 0 radical (unpaired) electrons. The van der Waals surface area contributed by atoms with Crippen LogP contribution < -0.4 is 4.74 Å². The fourth-order valence-electron chi connectivity index (χ4n) is 4.28. The number of amides is 1. The van der Waals surface area contributed by atoms with Gasteiger partial charge in [0.15, 0.2) is 0 Å². The van der Waals surface area contributed by atoms with E-state index in [4.69, 9.17) is 4.74 Å². The number of ketones is 1. The topological polar surface area (TPSA) is 83.0 Å². The van der Waals surface area contributed by atoms with Gasteiger partial charge in [0, 0.05) is 30.9 Å². The molecule has 1 amide bonds. The van der Waals surface area contributed by atoms with E-state index in [1.165, 1.54) is 0 Å². The standard InChI is InChI=1S/C24H27N3O4/c1-15-12-18-13-16(7-8-19(18)31-15)22(28)20-21(17-6-4-9-25-14-17)27(24(30)23(20)29)11-5-10-26(2)3/h4,6-9,13-15,21,28H,5,10-12H2,1-3H3. The summed E-state index contributed by atoms with van der Waals surface area (Å²) >= 11 is 0. The first-order chi connectivity index (χ1) is 14.9. The lowest BCUT2D eigenvalue weighted by molar-refractivity contribution is -0.139. The average Bonchev–Trinajstić information content (AvgIpc) is 3.24. The molecule has 7 heteroatoms. The van der Waals surface area contributed by atoms with Crippen molar-refractivity contribution in [3.05, 3.63) is 65.0 Å². The predicted molar refractivity (Wildman–Crippen MR) is 117 cm³/mol. The number of ether oxygens (including phenoxy) is 1. The Bertz CT molecular complexity index is 1030. The van der Waals surface area contributed by atoms with Crippen LogP contribution in [0.4, 0.5) is 0 Å². The molecule has 0 saturated carbocycles. The van der Waals surface area contributed by atoms with E-state index >= 15 is 0 Å². The Morgan fingerprint density at radius 3 is 2.81 bits per heavy atom. The van der Waals surface area contributed by atoms with Crippen molar-refractivity contribution in [2.24, 2.45) is 0 Å². The minimum absolute atomic E-state index is 0.0741. The summed E-state index contributed by atoms with van der Waals surface area (Å²) in [6.07, 6.45) is 4.81. The summed E-state index contributed by atoms with van der Waals surface area (Å²) in [5, 5.41) is 11.2. The zero-order chi connectivity index (χ0) is 22.1. The van der Waals surface area contributed by atoms with Crippen molar-refractivity contribution >= 4 is 17.4 Å². The number of hydrogen-bond acceptors (Lipinski definition) is 6. The van der Waals surface area contributed by atoms with Gasteiger partial charge in [-0.15, -0.1) is 0 Å². The molecule has 1 N–H and O–H groups in total. The lowest BCUT2D eigenvalue weighted by atomic mass is 9.95. The minimum atomic E-state index is -0.667. The molecule has 0 bridgehead atoms. The molecule has 1 aromatic carbocycles. The highest BCUT2D eigenvalue weighted by atomic mass is 16.5. The Balaban J connectivity index is 1.76. The fraction of sp³-hybridized carbons (Fsp3) is 0.375. The Morgan fingerprint density at radius 2 is 2.10 bits per heavy atom. The first kappa shape index (κ1) is 21.1. The van der Waals surface area contributed by atoms with Gasteiger partial charge in [0.1, 0.15) is 17.6 Å². The van der Waals surface area contributed by atoms with E-state index in [9.17, 15) is 14.7 Å². The maximum absolute atomic E-state index is 13.0. The molecule has 1 saturated heterocycles. The number of carbonyl (C=O) groups is 2. The lowest BCUT2D eigenvalue weighted by Crippen LogP contribution is -2.32. The van der Waals surface area contributed by atoms with Gasteiger partial charge in [0.25, 0.3) is 11.7 Å². The van der Waals surface area contributed by atoms with Crippen LogP contribution >= 0.6 is 0 Å². The first-order valence-electron chi connectivity index (χ1n) is 10.5. The van der Waals surface area contributed by atoms with Gasteiger partial charge in [-0.2, -0.15) is 0 Å². The summed E-state index contributed by atoms with van der Waals surface area (Å²) in [7, 11) is 3.93. The molecule has 2 aliphatic heterocycles. The van der Waals surface area contributed by atoms with Crippen molar-refractivity contribution in [3.8, 4) is 5.75 Å². The van der Waals surface area contributed by atoms with Crippen LogP contribution in [-0.4, -0.2) is 64.9 Å². The number of nitrogens with zero attached hydrogens (tertiary/aromatic N) is 3. The van der Waals surface area contributed by atoms with Crippen LogP contribution in [0.25, 0.3) is 5.76 Å². The van der Waals surface area contributed by atoms with Gasteiger partial charge in [-0.1, -0.05) is 6.07 Å². The van der Waals surface area contributed by atoms with Crippen molar-refractivity contribution in [2.75, 3.05) is 27.2 Å². The van der Waals surface area contributed by atoms with Crippen LogP contribution in [0.2, 0.25) is 0 Å². The Morgan fingerprint density at radius 1 is 1.29 bits per heavy atom. The van der Waals surface area contributed by atoms with Crippen LogP contribution in [0.15, 0.2) is 48.3 Å². The molecule has 7 nitrogen and oxygen atoms in total. The van der Waals surface area contributed by atoms with Crippen LogP contribution in [0.1, 0.15) is 36.1 Å². The molecular formula is C24H27N3O4. The molecule has 1 aromatic heterocycles. The molecule has 4 rings (SSSR count). The quantitative estimate of drug-likeness (QED) is 0.439. The fourth-order valence-corrected chi connectivity index (χ4v) is 4.28. The third-order valence-corrected chi connectivity index (χ3v) is 5.71. The van der Waals surface area contributed by atoms with E-state index in [0.29, 0.717) is 24.1 Å². The number of aliphatic hydroxyl groups excluding tert-OH is 1. The number of likely N-dealkylation sites (tertiary alicyclic amines) is 1. The number of fused-ring (bicyclic) bond motifs is 1. The molecule has 2 unspecified atom stereocenters. The van der Waals surface area contributed by atoms with E-state index in [1.54, 1.807) is 35.5 Å². The second-order valence-electron chi connectivity index (χ2n) is 8.39. The third kappa shape index (κ3) is 4.05. The van der Waals surface area contributed by atoms with E-state index in [-0.39, 0.29) is 17.4 Å². The molecule has 3 heterocycles. The third-order valence-electron chi connectivity index (χ3n) is 5.71. The zero-order valence-corrected chi connectivity index (χ0v) is 18.0. The molecule has 31 heavy (non-hydrogen) atoms. The predicted octanol–water partition coefficient (Wildman–Crippen LogP) is 2.78. The number of carbonyl (C=O) groups excluding carboxylic acids is 2. The van der Waals surface area contributed by atoms with Gasteiger partial charge >= 0.3 is 0 Å². The summed E-state index contributed by atoms with van der Waals surface area (Å²) < 4.78 is 5.74. The number of pyridine rings is 1. The normalized spacial score (nSPS) is 22.1. The summed E-state index contributed by atoms with van der Waals surface area (Å²) in [6, 6.07) is 8.30. The summed E-state index contributed by atoms with van der Waals surface area (Å²) in [4.78, 5) is 33.7. The van der Waals surface area contributed by atoms with Crippen molar-refractivity contribution < 1.29 is 19.4 Å². The Labute approximate surface area is 182 Å². The molecule has 2 aromatic rings. The maximum atomic E-state index is 13.0. The molecule has 2 aliphatic rings. The van der Waals surface area contributed by atoms with Gasteiger partial charge in [0.05, 0.1) is 11.6 Å². The highest BCUT2D eigenvalue weighted by Crippen LogP contribution is 2.40. The SMILES string of the molecule is CC1Cc2cc(C(O)=C3C(=O)C(=O)N(CCCN(C)C)C3c3cccnc3)ccc2O1. The van der Waals surface area contributed by atoms with Gasteiger partial charge in [-0.05, 0) is 69.4 Å². The Kier molecular flexibility index (Phi) is 5.78. The number of hydrogen-bond donors (Lipinski definition) is 1. The molecule has 0 aliphatic carbocycles. The van der Waals surface area contributed by atoms with Crippen LogP contribution in [0.5, 0.6) is 5.75 Å². The largest absolute Gasteiger partial charge is 0.507 e. The summed E-state index contributed by atoms with van der Waals surface area (Å²) in [6.45, 7) is 3.18. The molecule has 162 valence electrons. The molecule has 2 atom stereocenters. The second-order valence-corrected chi connectivity index (χ2v) is 8.39. The van der Waals surface area contributed by atoms with Crippen LogP contribution in [0, 0.1) is 0 Å². The first-order valence-corrected chi connectivity index (χ1v) is 10.5.